The molecule has 8 bridgehead atoms. The van der Waals surface area contributed by atoms with E-state index in [1.165, 1.54) is 6.08 Å². The standard InChI is InChI=1S/C26H20N4O2/c31-23-7-9-26(32,10-8-23)24-14-22-13-20-4-3-18(28-20)11-16-1-2-17(27-16)12-19-5-6-21(29-19)15-25(24)30-22/h1-9,11-15,27,30-32H,10H2. The van der Waals surface area contributed by atoms with Crippen LogP contribution in [0.1, 0.15) is 34.8 Å². The van der Waals surface area contributed by atoms with Crippen molar-refractivity contribution in [2.45, 2.75) is 12.0 Å². The molecule has 3 aliphatic rings. The van der Waals surface area contributed by atoms with E-state index in [2.05, 4.69) is 15.0 Å². The molecule has 3 aromatic heterocycles. The fourth-order valence-electron chi connectivity index (χ4n) is 4.20. The third-order valence-electron chi connectivity index (χ3n) is 5.79. The Morgan fingerprint density at radius 3 is 1.91 bits per heavy atom. The minimum atomic E-state index is -1.23. The van der Waals surface area contributed by atoms with Gasteiger partial charge in [-0.05, 0) is 85.0 Å². The van der Waals surface area contributed by atoms with Crippen LogP contribution in [0, 0.1) is 0 Å². The zero-order valence-electron chi connectivity index (χ0n) is 17.1. The van der Waals surface area contributed by atoms with E-state index >= 15 is 0 Å². The average Bonchev–Trinajstić information content (AvgIpc) is 3.55. The van der Waals surface area contributed by atoms with Gasteiger partial charge in [0.15, 0.2) is 0 Å². The summed E-state index contributed by atoms with van der Waals surface area (Å²) in [6, 6.07) is 13.8. The molecule has 0 radical (unpaired) electrons. The summed E-state index contributed by atoms with van der Waals surface area (Å²) in [5.74, 6) is 0.156. The summed E-state index contributed by atoms with van der Waals surface area (Å²) in [5, 5.41) is 21.1. The van der Waals surface area contributed by atoms with E-state index in [1.54, 1.807) is 12.2 Å². The van der Waals surface area contributed by atoms with Gasteiger partial charge in [0.1, 0.15) is 11.4 Å². The Morgan fingerprint density at radius 1 is 0.719 bits per heavy atom. The van der Waals surface area contributed by atoms with Crippen LogP contribution in [0.4, 0.5) is 0 Å². The molecule has 1 unspecified atom stereocenters. The highest BCUT2D eigenvalue weighted by atomic mass is 16.3. The predicted octanol–water partition coefficient (Wildman–Crippen LogP) is 5.25. The number of aliphatic hydroxyl groups excluding tert-OH is 1. The maximum atomic E-state index is 11.3. The first-order valence-corrected chi connectivity index (χ1v) is 10.4. The van der Waals surface area contributed by atoms with Crippen LogP contribution >= 0.6 is 0 Å². The van der Waals surface area contributed by atoms with Gasteiger partial charge in [0.2, 0.25) is 0 Å². The minimum Gasteiger partial charge on any atom is -0.508 e. The van der Waals surface area contributed by atoms with Crippen molar-refractivity contribution in [3.8, 4) is 0 Å². The Balaban J connectivity index is 1.64. The summed E-state index contributed by atoms with van der Waals surface area (Å²) in [6.45, 7) is 0. The molecule has 0 aromatic carbocycles. The van der Waals surface area contributed by atoms with Crippen molar-refractivity contribution >= 4 is 46.4 Å². The van der Waals surface area contributed by atoms with Crippen molar-refractivity contribution in [1.82, 2.24) is 19.9 Å². The lowest BCUT2D eigenvalue weighted by Gasteiger charge is -2.25. The van der Waals surface area contributed by atoms with Crippen LogP contribution in [0.25, 0.3) is 46.4 Å². The summed E-state index contributed by atoms with van der Waals surface area (Å²) in [7, 11) is 0. The lowest BCUT2D eigenvalue weighted by atomic mass is 9.87. The van der Waals surface area contributed by atoms with Crippen LogP contribution in [0.15, 0.2) is 66.5 Å². The second-order valence-corrected chi connectivity index (χ2v) is 8.18. The molecule has 2 aliphatic heterocycles. The van der Waals surface area contributed by atoms with E-state index in [1.807, 2.05) is 66.8 Å². The SMILES string of the molecule is OC1=CCC(O)(c2cc3cc4nc(cc5ccc(cc6nc(cc2[nH]3)C=C6)[nH]5)C=C4)C=C1. The normalized spacial score (nSPS) is 19.3. The van der Waals surface area contributed by atoms with Gasteiger partial charge < -0.3 is 20.2 Å². The van der Waals surface area contributed by atoms with Gasteiger partial charge in [-0.3, -0.25) is 0 Å². The number of aromatic amines is 2. The molecule has 0 saturated carbocycles. The van der Waals surface area contributed by atoms with Gasteiger partial charge in [0.05, 0.1) is 22.8 Å². The number of rotatable bonds is 1. The van der Waals surface area contributed by atoms with E-state index in [0.29, 0.717) is 5.56 Å². The van der Waals surface area contributed by atoms with Crippen molar-refractivity contribution < 1.29 is 10.2 Å². The first-order chi connectivity index (χ1) is 15.5. The molecular weight excluding hydrogens is 400 g/mol. The van der Waals surface area contributed by atoms with Crippen molar-refractivity contribution in [3.05, 3.63) is 94.8 Å². The van der Waals surface area contributed by atoms with E-state index < -0.39 is 5.60 Å². The number of aromatic nitrogens is 4. The van der Waals surface area contributed by atoms with Gasteiger partial charge in [-0.2, -0.15) is 0 Å². The molecule has 5 heterocycles. The molecule has 0 saturated heterocycles. The van der Waals surface area contributed by atoms with E-state index in [0.717, 1.165) is 44.8 Å². The highest BCUT2D eigenvalue weighted by Gasteiger charge is 2.30. The zero-order chi connectivity index (χ0) is 21.7. The average molecular weight is 420 g/mol. The molecule has 1 aliphatic carbocycles. The van der Waals surface area contributed by atoms with Crippen LogP contribution < -0.4 is 0 Å². The van der Waals surface area contributed by atoms with Crippen molar-refractivity contribution in [3.63, 3.8) is 0 Å². The van der Waals surface area contributed by atoms with E-state index in [-0.39, 0.29) is 12.2 Å². The molecule has 0 spiro atoms. The van der Waals surface area contributed by atoms with Gasteiger partial charge in [0, 0.05) is 34.1 Å². The molecule has 1 atom stereocenters. The zero-order valence-corrected chi connectivity index (χ0v) is 17.1. The molecule has 4 N–H and O–H groups in total. The lowest BCUT2D eigenvalue weighted by molar-refractivity contribution is 0.0910. The van der Waals surface area contributed by atoms with Crippen LogP contribution in [0.3, 0.4) is 0 Å². The molecule has 32 heavy (non-hydrogen) atoms. The predicted molar refractivity (Wildman–Crippen MR) is 127 cm³/mol. The Labute approximate surface area is 183 Å². The van der Waals surface area contributed by atoms with Crippen molar-refractivity contribution in [1.29, 1.82) is 0 Å². The fourth-order valence-corrected chi connectivity index (χ4v) is 4.20. The number of allylic oxidation sites excluding steroid dienone is 1. The maximum absolute atomic E-state index is 11.3. The summed E-state index contributed by atoms with van der Waals surface area (Å²) in [6.07, 6.45) is 12.9. The van der Waals surface area contributed by atoms with Crippen LogP contribution in [0.2, 0.25) is 0 Å². The van der Waals surface area contributed by atoms with Crippen molar-refractivity contribution in [2.24, 2.45) is 0 Å². The Morgan fingerprint density at radius 2 is 1.31 bits per heavy atom. The third-order valence-corrected chi connectivity index (χ3v) is 5.79. The molecule has 0 amide bonds. The van der Waals surface area contributed by atoms with Crippen LogP contribution in [-0.2, 0) is 5.60 Å². The Hall–Kier alpha value is -4.16. The number of H-pyrrole nitrogens is 2. The number of nitrogens with one attached hydrogen (secondary N) is 2. The summed E-state index contributed by atoms with van der Waals surface area (Å²) in [4.78, 5) is 16.2. The van der Waals surface area contributed by atoms with Crippen molar-refractivity contribution in [2.75, 3.05) is 0 Å². The first-order valence-electron chi connectivity index (χ1n) is 10.4. The molecule has 3 aromatic rings. The van der Waals surface area contributed by atoms with E-state index in [4.69, 9.17) is 4.98 Å². The third kappa shape index (κ3) is 3.36. The molecule has 0 fully saturated rings. The largest absolute Gasteiger partial charge is 0.508 e. The fraction of sp³-hybridized carbons (Fsp3) is 0.0769. The number of aliphatic hydroxyl groups is 2. The quantitative estimate of drug-likeness (QED) is 0.298. The number of hydrogen-bond acceptors (Lipinski definition) is 4. The Kier molecular flexibility index (Phi) is 4.03. The monoisotopic (exact) mass is 420 g/mol. The first kappa shape index (κ1) is 18.6. The lowest BCUT2D eigenvalue weighted by Crippen LogP contribution is -2.23. The van der Waals surface area contributed by atoms with Crippen LogP contribution in [0.5, 0.6) is 0 Å². The summed E-state index contributed by atoms with van der Waals surface area (Å²) >= 11 is 0. The smallest absolute Gasteiger partial charge is 0.114 e. The molecule has 156 valence electrons. The number of hydrogen-bond donors (Lipinski definition) is 4. The topological polar surface area (TPSA) is 97.8 Å². The molecule has 6 heteroatoms. The van der Waals surface area contributed by atoms with Gasteiger partial charge in [-0.15, -0.1) is 0 Å². The highest BCUT2D eigenvalue weighted by Crippen LogP contribution is 2.35. The summed E-state index contributed by atoms with van der Waals surface area (Å²) < 4.78 is 0. The highest BCUT2D eigenvalue weighted by molar-refractivity contribution is 5.79. The maximum Gasteiger partial charge on any atom is 0.114 e. The molecular formula is C26H20N4O2. The van der Waals surface area contributed by atoms with Gasteiger partial charge in [-0.1, -0.05) is 0 Å². The second-order valence-electron chi connectivity index (χ2n) is 8.18. The van der Waals surface area contributed by atoms with Gasteiger partial charge >= 0.3 is 0 Å². The summed E-state index contributed by atoms with van der Waals surface area (Å²) in [5.41, 5.74) is 6.30. The number of fused-ring (bicyclic) bond motifs is 8. The van der Waals surface area contributed by atoms with Crippen LogP contribution in [-0.4, -0.2) is 30.1 Å². The second kappa shape index (κ2) is 6.93. The van der Waals surface area contributed by atoms with Gasteiger partial charge in [-0.25, -0.2) is 9.97 Å². The van der Waals surface area contributed by atoms with E-state index in [9.17, 15) is 10.2 Å². The minimum absolute atomic E-state index is 0.156. The number of nitrogens with zero attached hydrogens (tertiary/aromatic N) is 2. The Bertz CT molecular complexity index is 1530. The van der Waals surface area contributed by atoms with Gasteiger partial charge in [0.25, 0.3) is 0 Å². The molecule has 6 rings (SSSR count). The molecule has 6 nitrogen and oxygen atoms in total.